The highest BCUT2D eigenvalue weighted by atomic mass is 35.5. The fourth-order valence-corrected chi connectivity index (χ4v) is 5.07. The summed E-state index contributed by atoms with van der Waals surface area (Å²) in [5, 5.41) is 9.67. The maximum Gasteiger partial charge on any atom is 0.431 e. The number of nitrogens with zero attached hydrogens (tertiary/aromatic N) is 2. The van der Waals surface area contributed by atoms with Gasteiger partial charge in [0.1, 0.15) is 16.3 Å². The van der Waals surface area contributed by atoms with E-state index in [1.54, 1.807) is 6.92 Å². The third-order valence-electron chi connectivity index (χ3n) is 5.27. The zero-order valence-electron chi connectivity index (χ0n) is 16.3. The fourth-order valence-electron chi connectivity index (χ4n) is 3.45. The van der Waals surface area contributed by atoms with Crippen LogP contribution in [0, 0.1) is 11.7 Å². The van der Waals surface area contributed by atoms with Crippen molar-refractivity contribution in [3.05, 3.63) is 55.6 Å². The number of benzene rings is 1. The Morgan fingerprint density at radius 2 is 1.87 bits per heavy atom. The minimum atomic E-state index is -4.96. The molecule has 0 spiro atoms. The van der Waals surface area contributed by atoms with E-state index in [0.29, 0.717) is 12.8 Å². The SMILES string of the molecule is CCC(Sc1cc(-n2c(=O)cc(C(F)(F)F)n(C)c2=O)c(F)cc1Cl)(C(=O)O)C1CC1. The molecule has 1 N–H and O–H groups in total. The van der Waals surface area contributed by atoms with Crippen molar-refractivity contribution < 1.29 is 27.5 Å². The van der Waals surface area contributed by atoms with Crippen molar-refractivity contribution >= 4 is 29.3 Å². The van der Waals surface area contributed by atoms with Crippen molar-refractivity contribution in [3.8, 4) is 5.69 Å². The first kappa shape index (κ1) is 23.4. The van der Waals surface area contributed by atoms with E-state index < -0.39 is 45.3 Å². The first-order chi connectivity index (χ1) is 14.3. The zero-order chi connectivity index (χ0) is 23.3. The summed E-state index contributed by atoms with van der Waals surface area (Å²) < 4.78 is 53.0. The number of rotatable bonds is 6. The van der Waals surface area contributed by atoms with Crippen LogP contribution in [-0.4, -0.2) is 25.0 Å². The number of aromatic nitrogens is 2. The molecular weight excluding hydrogens is 464 g/mol. The Morgan fingerprint density at radius 3 is 2.35 bits per heavy atom. The van der Waals surface area contributed by atoms with E-state index >= 15 is 0 Å². The van der Waals surface area contributed by atoms with Crippen LogP contribution < -0.4 is 11.2 Å². The maximum atomic E-state index is 14.6. The van der Waals surface area contributed by atoms with Crippen LogP contribution in [0.1, 0.15) is 31.9 Å². The number of carboxylic acids is 1. The molecule has 2 aromatic rings. The van der Waals surface area contributed by atoms with Gasteiger partial charge in [0.15, 0.2) is 0 Å². The summed E-state index contributed by atoms with van der Waals surface area (Å²) in [6, 6.07) is 2.02. The van der Waals surface area contributed by atoms with Crippen LogP contribution >= 0.6 is 23.4 Å². The Morgan fingerprint density at radius 1 is 1.26 bits per heavy atom. The summed E-state index contributed by atoms with van der Waals surface area (Å²) in [5.74, 6) is -2.32. The van der Waals surface area contributed by atoms with Crippen LogP contribution in [-0.2, 0) is 18.0 Å². The summed E-state index contributed by atoms with van der Waals surface area (Å²) >= 11 is 6.98. The first-order valence-corrected chi connectivity index (χ1v) is 10.3. The average molecular weight is 481 g/mol. The quantitative estimate of drug-likeness (QED) is 0.497. The normalized spacial score (nSPS) is 16.2. The van der Waals surface area contributed by atoms with Crippen LogP contribution in [0.15, 0.2) is 32.7 Å². The molecule has 1 heterocycles. The van der Waals surface area contributed by atoms with E-state index in [-0.39, 0.29) is 37.5 Å². The van der Waals surface area contributed by atoms with Crippen molar-refractivity contribution in [2.45, 2.75) is 42.0 Å². The van der Waals surface area contributed by atoms with Crippen LogP contribution in [0.5, 0.6) is 0 Å². The third-order valence-corrected chi connectivity index (χ3v) is 7.41. The van der Waals surface area contributed by atoms with Gasteiger partial charge in [-0.05, 0) is 37.3 Å². The highest BCUT2D eigenvalue weighted by molar-refractivity contribution is 8.01. The lowest BCUT2D eigenvalue weighted by atomic mass is 10.00. The molecule has 0 amide bonds. The molecule has 1 aliphatic carbocycles. The molecule has 1 aromatic carbocycles. The molecule has 0 radical (unpaired) electrons. The molecule has 0 bridgehead atoms. The molecule has 168 valence electrons. The number of carboxylic acid groups (broad SMARTS) is 1. The molecule has 0 aliphatic heterocycles. The molecule has 12 heteroatoms. The molecule has 6 nitrogen and oxygen atoms in total. The van der Waals surface area contributed by atoms with Crippen LogP contribution in [0.4, 0.5) is 17.6 Å². The van der Waals surface area contributed by atoms with Gasteiger partial charge in [-0.25, -0.2) is 13.8 Å². The molecule has 1 aliphatic rings. The monoisotopic (exact) mass is 480 g/mol. The van der Waals surface area contributed by atoms with Crippen molar-refractivity contribution in [1.29, 1.82) is 0 Å². The van der Waals surface area contributed by atoms with E-state index in [4.69, 9.17) is 11.6 Å². The summed E-state index contributed by atoms with van der Waals surface area (Å²) in [4.78, 5) is 36.9. The standard InChI is InChI=1S/C19H17ClF4N2O4S/c1-3-18(16(28)29,9-4-5-9)31-13-7-12(11(21)6-10(13)20)26-15(27)8-14(19(22,23)24)25(2)17(26)30/h6-9H,3-5H2,1-2H3,(H,28,29). The second-order valence-electron chi connectivity index (χ2n) is 7.20. The summed E-state index contributed by atoms with van der Waals surface area (Å²) in [6.45, 7) is 1.69. The highest BCUT2D eigenvalue weighted by Gasteiger charge is 2.51. The van der Waals surface area contributed by atoms with E-state index in [1.807, 2.05) is 0 Å². The van der Waals surface area contributed by atoms with Crippen LogP contribution in [0.3, 0.4) is 0 Å². The van der Waals surface area contributed by atoms with Gasteiger partial charge in [0, 0.05) is 18.0 Å². The Hall–Kier alpha value is -2.27. The van der Waals surface area contributed by atoms with Crippen molar-refractivity contribution in [3.63, 3.8) is 0 Å². The fraction of sp³-hybridized carbons (Fsp3) is 0.421. The lowest BCUT2D eigenvalue weighted by molar-refractivity contribution is -0.144. The van der Waals surface area contributed by atoms with Gasteiger partial charge in [0.25, 0.3) is 5.56 Å². The van der Waals surface area contributed by atoms with E-state index in [9.17, 15) is 37.1 Å². The van der Waals surface area contributed by atoms with Gasteiger partial charge < -0.3 is 5.11 Å². The largest absolute Gasteiger partial charge is 0.480 e. The number of alkyl halides is 3. The number of hydrogen-bond donors (Lipinski definition) is 1. The molecule has 1 saturated carbocycles. The highest BCUT2D eigenvalue weighted by Crippen LogP contribution is 2.53. The predicted molar refractivity (Wildman–Crippen MR) is 106 cm³/mol. The van der Waals surface area contributed by atoms with Crippen LogP contribution in [0.2, 0.25) is 5.02 Å². The number of hydrogen-bond acceptors (Lipinski definition) is 4. The molecule has 1 fully saturated rings. The lowest BCUT2D eigenvalue weighted by Crippen LogP contribution is -2.41. The molecule has 1 unspecified atom stereocenters. The average Bonchev–Trinajstić information content (AvgIpc) is 3.50. The number of carbonyl (C=O) groups is 1. The number of aliphatic carboxylic acids is 1. The smallest absolute Gasteiger partial charge is 0.431 e. The summed E-state index contributed by atoms with van der Waals surface area (Å²) in [7, 11) is 0.810. The van der Waals surface area contributed by atoms with E-state index in [1.165, 1.54) is 0 Å². The van der Waals surface area contributed by atoms with Gasteiger partial charge in [-0.15, -0.1) is 11.8 Å². The van der Waals surface area contributed by atoms with E-state index in [0.717, 1.165) is 30.9 Å². The van der Waals surface area contributed by atoms with Gasteiger partial charge >= 0.3 is 17.8 Å². The molecular formula is C19H17ClF4N2O4S. The van der Waals surface area contributed by atoms with Crippen LogP contribution in [0.25, 0.3) is 5.69 Å². The minimum absolute atomic E-state index is 0.100. The van der Waals surface area contributed by atoms with Gasteiger partial charge in [-0.3, -0.25) is 14.2 Å². The molecule has 3 rings (SSSR count). The third kappa shape index (κ3) is 4.12. The predicted octanol–water partition coefficient (Wildman–Crippen LogP) is 4.08. The summed E-state index contributed by atoms with van der Waals surface area (Å²) in [6.07, 6.45) is -3.34. The number of thioether (sulfide) groups is 1. The summed E-state index contributed by atoms with van der Waals surface area (Å²) in [5.41, 5.74) is -4.88. The zero-order valence-corrected chi connectivity index (χ0v) is 17.9. The van der Waals surface area contributed by atoms with Gasteiger partial charge in [-0.2, -0.15) is 13.2 Å². The van der Waals surface area contributed by atoms with Gasteiger partial charge in [-0.1, -0.05) is 18.5 Å². The second kappa shape index (κ2) is 8.01. The maximum absolute atomic E-state index is 14.6. The molecule has 1 aromatic heterocycles. The Kier molecular flexibility index (Phi) is 6.05. The molecule has 1 atom stereocenters. The van der Waals surface area contributed by atoms with Crippen molar-refractivity contribution in [1.82, 2.24) is 9.13 Å². The second-order valence-corrected chi connectivity index (χ2v) is 8.98. The number of halogens is 5. The molecule has 0 saturated heterocycles. The lowest BCUT2D eigenvalue weighted by Gasteiger charge is -2.28. The van der Waals surface area contributed by atoms with Crippen molar-refractivity contribution in [2.75, 3.05) is 0 Å². The molecule has 31 heavy (non-hydrogen) atoms. The Balaban J connectivity index is 2.19. The Bertz CT molecular complexity index is 1170. The van der Waals surface area contributed by atoms with Crippen molar-refractivity contribution in [2.24, 2.45) is 13.0 Å². The topological polar surface area (TPSA) is 81.3 Å². The first-order valence-electron chi connectivity index (χ1n) is 9.15. The van der Waals surface area contributed by atoms with E-state index in [2.05, 4.69) is 0 Å². The van der Waals surface area contributed by atoms with Gasteiger partial charge in [0.2, 0.25) is 0 Å². The Labute approximate surface area is 182 Å². The van der Waals surface area contributed by atoms with Gasteiger partial charge in [0.05, 0.1) is 10.7 Å². The minimum Gasteiger partial charge on any atom is -0.480 e.